The van der Waals surface area contributed by atoms with Crippen LogP contribution in [0.25, 0.3) is 0 Å². The van der Waals surface area contributed by atoms with E-state index in [1.54, 1.807) is 65.8 Å². The first-order valence-corrected chi connectivity index (χ1v) is 17.0. The van der Waals surface area contributed by atoms with Crippen LogP contribution in [0.4, 0.5) is 10.6 Å². The van der Waals surface area contributed by atoms with Crippen molar-refractivity contribution in [3.8, 4) is 0 Å². The predicted molar refractivity (Wildman–Crippen MR) is 179 cm³/mol. The highest BCUT2D eigenvalue weighted by atomic mass is 32.2. The number of amides is 1. The monoisotopic (exact) mass is 652 g/mol. The number of ether oxygens (including phenoxy) is 2. The SMILES string of the molecule is CCC(C)(CC)c1ccc(CN(Cc2cccc(N(CC(=O)OC(C)(C)C)C(=O)OC(C)(C)C)n2)S(=O)(=O)c2cccnc2)cc1. The molecule has 0 N–H and O–H groups in total. The minimum atomic E-state index is -4.01. The summed E-state index contributed by atoms with van der Waals surface area (Å²) in [7, 11) is -4.01. The first-order chi connectivity index (χ1) is 21.4. The van der Waals surface area contributed by atoms with E-state index in [4.69, 9.17) is 9.47 Å². The van der Waals surface area contributed by atoms with Crippen LogP contribution < -0.4 is 4.90 Å². The Labute approximate surface area is 274 Å². The van der Waals surface area contributed by atoms with Crippen LogP contribution in [-0.4, -0.2) is 52.5 Å². The van der Waals surface area contributed by atoms with Gasteiger partial charge in [-0.2, -0.15) is 4.31 Å². The molecule has 0 saturated heterocycles. The average Bonchev–Trinajstić information content (AvgIpc) is 2.98. The van der Waals surface area contributed by atoms with E-state index in [9.17, 15) is 18.0 Å². The zero-order valence-electron chi connectivity index (χ0n) is 28.5. The highest BCUT2D eigenvalue weighted by Crippen LogP contribution is 2.31. The summed E-state index contributed by atoms with van der Waals surface area (Å²) in [5.41, 5.74) is 0.799. The summed E-state index contributed by atoms with van der Waals surface area (Å²) < 4.78 is 40.2. The Bertz CT molecular complexity index is 1580. The van der Waals surface area contributed by atoms with Gasteiger partial charge < -0.3 is 9.47 Å². The molecule has 0 saturated carbocycles. The molecule has 250 valence electrons. The van der Waals surface area contributed by atoms with E-state index >= 15 is 0 Å². The van der Waals surface area contributed by atoms with Crippen LogP contribution in [0, 0.1) is 0 Å². The largest absolute Gasteiger partial charge is 0.459 e. The van der Waals surface area contributed by atoms with Gasteiger partial charge in [0.1, 0.15) is 28.5 Å². The molecule has 0 unspecified atom stereocenters. The van der Waals surface area contributed by atoms with Crippen molar-refractivity contribution in [2.45, 2.75) is 110 Å². The maximum atomic E-state index is 13.9. The first kappa shape index (κ1) is 36.6. The van der Waals surface area contributed by atoms with Gasteiger partial charge in [0.15, 0.2) is 0 Å². The van der Waals surface area contributed by atoms with Gasteiger partial charge in [0, 0.05) is 18.9 Å². The molecule has 0 fully saturated rings. The maximum absolute atomic E-state index is 13.9. The fourth-order valence-electron chi connectivity index (χ4n) is 4.69. The van der Waals surface area contributed by atoms with Crippen LogP contribution in [0.3, 0.4) is 0 Å². The van der Waals surface area contributed by atoms with Crippen LogP contribution >= 0.6 is 0 Å². The predicted octanol–water partition coefficient (Wildman–Crippen LogP) is 7.03. The molecule has 3 aromatic rings. The lowest BCUT2D eigenvalue weighted by Gasteiger charge is -2.28. The third kappa shape index (κ3) is 10.1. The Morgan fingerprint density at radius 3 is 1.98 bits per heavy atom. The lowest BCUT2D eigenvalue weighted by atomic mass is 9.78. The smallest absolute Gasteiger partial charge is 0.416 e. The molecular formula is C35H48N4O6S. The van der Waals surface area contributed by atoms with E-state index in [0.29, 0.717) is 5.69 Å². The van der Waals surface area contributed by atoms with Gasteiger partial charge >= 0.3 is 12.1 Å². The first-order valence-electron chi connectivity index (χ1n) is 15.5. The van der Waals surface area contributed by atoms with Gasteiger partial charge in [-0.05, 0) is 95.2 Å². The summed E-state index contributed by atoms with van der Waals surface area (Å²) in [5, 5.41) is 0. The quantitative estimate of drug-likeness (QED) is 0.191. The lowest BCUT2D eigenvalue weighted by Crippen LogP contribution is -2.42. The van der Waals surface area contributed by atoms with Gasteiger partial charge in [-0.25, -0.2) is 18.2 Å². The Hall–Kier alpha value is -3.83. The van der Waals surface area contributed by atoms with Crippen LogP contribution in [0.15, 0.2) is 71.9 Å². The molecule has 0 radical (unpaired) electrons. The second kappa shape index (κ2) is 14.7. The lowest BCUT2D eigenvalue weighted by molar-refractivity contribution is -0.153. The molecule has 0 aliphatic heterocycles. The Morgan fingerprint density at radius 2 is 1.43 bits per heavy atom. The molecule has 0 bridgehead atoms. The van der Waals surface area contributed by atoms with Crippen molar-refractivity contribution in [2.75, 3.05) is 11.4 Å². The van der Waals surface area contributed by atoms with Gasteiger partial charge in [-0.1, -0.05) is 51.1 Å². The summed E-state index contributed by atoms with van der Waals surface area (Å²) in [6, 6.07) is 16.0. The molecule has 3 rings (SSSR count). The van der Waals surface area contributed by atoms with Crippen molar-refractivity contribution >= 4 is 27.9 Å². The van der Waals surface area contributed by atoms with Crippen molar-refractivity contribution < 1.29 is 27.5 Å². The molecule has 0 atom stereocenters. The molecule has 1 aromatic carbocycles. The van der Waals surface area contributed by atoms with Gasteiger partial charge in [0.05, 0.1) is 12.2 Å². The topological polar surface area (TPSA) is 119 Å². The number of sulfonamides is 1. The Morgan fingerprint density at radius 1 is 0.804 bits per heavy atom. The van der Waals surface area contributed by atoms with Crippen LogP contribution in [0.5, 0.6) is 0 Å². The van der Waals surface area contributed by atoms with Crippen molar-refractivity contribution in [3.63, 3.8) is 0 Å². The number of carbonyl (C=O) groups excluding carboxylic acids is 2. The molecular weight excluding hydrogens is 604 g/mol. The Kier molecular flexibility index (Phi) is 11.7. The molecule has 11 heteroatoms. The number of hydrogen-bond acceptors (Lipinski definition) is 8. The number of pyridine rings is 2. The second-order valence-corrected chi connectivity index (χ2v) is 15.5. The molecule has 1 amide bonds. The summed E-state index contributed by atoms with van der Waals surface area (Å²) in [6.45, 7) is 16.4. The Balaban J connectivity index is 2.00. The van der Waals surface area contributed by atoms with E-state index < -0.39 is 39.8 Å². The van der Waals surface area contributed by atoms with Gasteiger partial charge in [-0.3, -0.25) is 14.7 Å². The third-order valence-electron chi connectivity index (χ3n) is 7.57. The normalized spacial score (nSPS) is 12.6. The average molecular weight is 653 g/mol. The molecule has 2 aromatic heterocycles. The maximum Gasteiger partial charge on any atom is 0.416 e. The van der Waals surface area contributed by atoms with E-state index in [2.05, 4.69) is 42.9 Å². The summed E-state index contributed by atoms with van der Waals surface area (Å²) >= 11 is 0. The number of hydrogen-bond donors (Lipinski definition) is 0. The van der Waals surface area contributed by atoms with E-state index in [-0.39, 0.29) is 29.2 Å². The van der Waals surface area contributed by atoms with Crippen LogP contribution in [0.1, 0.15) is 92.0 Å². The number of anilines is 1. The van der Waals surface area contributed by atoms with E-state index in [1.165, 1.54) is 28.3 Å². The molecule has 0 aliphatic rings. The molecule has 0 spiro atoms. The number of esters is 1. The second-order valence-electron chi connectivity index (χ2n) is 13.6. The van der Waals surface area contributed by atoms with Gasteiger partial charge in [0.25, 0.3) is 0 Å². The van der Waals surface area contributed by atoms with Crippen molar-refractivity contribution in [3.05, 3.63) is 83.8 Å². The summed E-state index contributed by atoms with van der Waals surface area (Å²) in [6.07, 6.45) is 4.02. The molecule has 2 heterocycles. The highest BCUT2D eigenvalue weighted by molar-refractivity contribution is 7.89. The number of rotatable bonds is 12. The van der Waals surface area contributed by atoms with Gasteiger partial charge in [-0.15, -0.1) is 0 Å². The molecule has 0 aliphatic carbocycles. The highest BCUT2D eigenvalue weighted by Gasteiger charge is 2.30. The number of benzene rings is 1. The number of aromatic nitrogens is 2. The third-order valence-corrected chi connectivity index (χ3v) is 9.35. The van der Waals surface area contributed by atoms with E-state index in [1.807, 2.05) is 12.1 Å². The number of nitrogens with zero attached hydrogens (tertiary/aromatic N) is 4. The zero-order chi connectivity index (χ0) is 34.3. The van der Waals surface area contributed by atoms with E-state index in [0.717, 1.165) is 23.3 Å². The minimum absolute atomic E-state index is 0.0314. The standard InChI is InChI=1S/C35H48N4O6S/c1-10-35(9,11-2)27-19-17-26(18-20-27)23-38(46(42,43)29-15-13-21-36-22-29)24-28-14-12-16-30(37-28)39(32(41)45-34(6,7)8)25-31(40)44-33(3,4)5/h12-22H,10-11,23-25H2,1-9H3. The fourth-order valence-corrected chi connectivity index (χ4v) is 6.06. The zero-order valence-corrected chi connectivity index (χ0v) is 29.3. The minimum Gasteiger partial charge on any atom is -0.459 e. The van der Waals surface area contributed by atoms with Crippen molar-refractivity contribution in [2.24, 2.45) is 0 Å². The number of carbonyl (C=O) groups is 2. The van der Waals surface area contributed by atoms with Crippen LogP contribution in [0.2, 0.25) is 0 Å². The van der Waals surface area contributed by atoms with Crippen LogP contribution in [-0.2, 0) is 42.8 Å². The van der Waals surface area contributed by atoms with Crippen molar-refractivity contribution in [1.29, 1.82) is 0 Å². The molecule has 10 nitrogen and oxygen atoms in total. The van der Waals surface area contributed by atoms with Crippen molar-refractivity contribution in [1.82, 2.24) is 14.3 Å². The van der Waals surface area contributed by atoms with Gasteiger partial charge in [0.2, 0.25) is 10.0 Å². The summed E-state index contributed by atoms with van der Waals surface area (Å²) in [5.74, 6) is -0.517. The molecule has 46 heavy (non-hydrogen) atoms. The summed E-state index contributed by atoms with van der Waals surface area (Å²) in [4.78, 5) is 35.9. The fraction of sp³-hybridized carbons (Fsp3) is 0.486.